The predicted molar refractivity (Wildman–Crippen MR) is 81.1 cm³/mol. The number of hydrogen-bond donors (Lipinski definition) is 2. The number of benzene rings is 1. The van der Waals surface area contributed by atoms with E-state index in [2.05, 4.69) is 21.5 Å². The smallest absolute Gasteiger partial charge is 0.170 e. The zero-order valence-electron chi connectivity index (χ0n) is 11.1. The lowest BCUT2D eigenvalue weighted by Gasteiger charge is -2.27. The Balaban J connectivity index is 1.79. The van der Waals surface area contributed by atoms with Gasteiger partial charge in [0, 0.05) is 30.1 Å². The van der Waals surface area contributed by atoms with Crippen LogP contribution in [0.15, 0.2) is 40.9 Å². The van der Waals surface area contributed by atoms with Crippen LogP contribution in [0.5, 0.6) is 0 Å². The predicted octanol–water partition coefficient (Wildman–Crippen LogP) is 2.40. The highest BCUT2D eigenvalue weighted by Gasteiger charge is 2.18. The van der Waals surface area contributed by atoms with Crippen molar-refractivity contribution < 1.29 is 5.21 Å². The second-order valence-corrected chi connectivity index (χ2v) is 5.97. The summed E-state index contributed by atoms with van der Waals surface area (Å²) in [4.78, 5) is 3.91. The highest BCUT2D eigenvalue weighted by molar-refractivity contribution is 7.10. The fourth-order valence-corrected chi connectivity index (χ4v) is 3.53. The van der Waals surface area contributed by atoms with Gasteiger partial charge in [0.25, 0.3) is 0 Å². The molecule has 2 aromatic rings. The van der Waals surface area contributed by atoms with Crippen LogP contribution < -0.4 is 5.73 Å². The molecule has 1 aromatic heterocycles. The van der Waals surface area contributed by atoms with E-state index in [1.807, 2.05) is 35.6 Å². The molecule has 0 aliphatic carbocycles. The molecular formula is C15H17N3OS. The molecule has 0 saturated heterocycles. The van der Waals surface area contributed by atoms with Gasteiger partial charge in [-0.05, 0) is 29.0 Å². The maximum atomic E-state index is 8.87. The van der Waals surface area contributed by atoms with Crippen LogP contribution in [0.1, 0.15) is 21.6 Å². The molecule has 0 fully saturated rings. The topological polar surface area (TPSA) is 61.9 Å². The third kappa shape index (κ3) is 2.55. The van der Waals surface area contributed by atoms with Gasteiger partial charge in [0.1, 0.15) is 0 Å². The first-order chi connectivity index (χ1) is 9.78. The molecule has 0 bridgehead atoms. The van der Waals surface area contributed by atoms with Crippen molar-refractivity contribution in [2.45, 2.75) is 19.5 Å². The van der Waals surface area contributed by atoms with Crippen LogP contribution in [0.4, 0.5) is 0 Å². The molecular weight excluding hydrogens is 270 g/mol. The molecule has 3 rings (SSSR count). The highest BCUT2D eigenvalue weighted by atomic mass is 32.1. The lowest BCUT2D eigenvalue weighted by Crippen LogP contribution is -2.30. The van der Waals surface area contributed by atoms with Crippen LogP contribution in [0.3, 0.4) is 0 Å². The van der Waals surface area contributed by atoms with E-state index in [-0.39, 0.29) is 5.84 Å². The number of rotatable bonds is 3. The summed E-state index contributed by atoms with van der Waals surface area (Å²) in [7, 11) is 0. The number of amidine groups is 1. The largest absolute Gasteiger partial charge is 0.409 e. The van der Waals surface area contributed by atoms with Gasteiger partial charge in [0.05, 0.1) is 0 Å². The summed E-state index contributed by atoms with van der Waals surface area (Å²) in [5.41, 5.74) is 9.09. The van der Waals surface area contributed by atoms with Gasteiger partial charge >= 0.3 is 0 Å². The summed E-state index contributed by atoms with van der Waals surface area (Å²) >= 11 is 1.85. The maximum absolute atomic E-state index is 8.87. The van der Waals surface area contributed by atoms with Gasteiger partial charge in [-0.25, -0.2) is 0 Å². The maximum Gasteiger partial charge on any atom is 0.170 e. The molecule has 1 aliphatic rings. The van der Waals surface area contributed by atoms with E-state index in [0.717, 1.165) is 37.2 Å². The summed E-state index contributed by atoms with van der Waals surface area (Å²) in [6.45, 7) is 2.85. The number of thiophene rings is 1. The Hall–Kier alpha value is -1.85. The van der Waals surface area contributed by atoms with Crippen molar-refractivity contribution in [2.75, 3.05) is 6.54 Å². The molecule has 0 atom stereocenters. The molecule has 1 aromatic carbocycles. The molecule has 0 amide bonds. The minimum Gasteiger partial charge on any atom is -0.409 e. The number of nitrogens with two attached hydrogens (primary N) is 1. The summed E-state index contributed by atoms with van der Waals surface area (Å²) in [6, 6.07) is 10.0. The van der Waals surface area contributed by atoms with Gasteiger partial charge in [-0.1, -0.05) is 29.4 Å². The Bertz CT molecular complexity index is 636. The lowest BCUT2D eigenvalue weighted by atomic mass is 10.0. The van der Waals surface area contributed by atoms with Crippen molar-refractivity contribution in [3.8, 4) is 0 Å². The molecule has 104 valence electrons. The van der Waals surface area contributed by atoms with Crippen LogP contribution in [0.25, 0.3) is 0 Å². The number of hydrogen-bond acceptors (Lipinski definition) is 4. The van der Waals surface area contributed by atoms with Crippen molar-refractivity contribution in [2.24, 2.45) is 10.9 Å². The minimum absolute atomic E-state index is 0.175. The molecule has 0 unspecified atom stereocenters. The Morgan fingerprint density at radius 1 is 1.35 bits per heavy atom. The average molecular weight is 287 g/mol. The first kappa shape index (κ1) is 13.1. The zero-order valence-corrected chi connectivity index (χ0v) is 11.9. The van der Waals surface area contributed by atoms with E-state index in [9.17, 15) is 0 Å². The van der Waals surface area contributed by atoms with E-state index >= 15 is 0 Å². The Labute approximate surface area is 122 Å². The molecule has 3 N–H and O–H groups in total. The molecule has 0 radical (unpaired) electrons. The molecule has 2 heterocycles. The fourth-order valence-electron chi connectivity index (χ4n) is 2.64. The van der Waals surface area contributed by atoms with Crippen molar-refractivity contribution in [3.05, 3.63) is 57.3 Å². The van der Waals surface area contributed by atoms with Crippen molar-refractivity contribution in [1.82, 2.24) is 4.90 Å². The van der Waals surface area contributed by atoms with Crippen LogP contribution in [-0.2, 0) is 19.5 Å². The van der Waals surface area contributed by atoms with Gasteiger partial charge in [-0.3, -0.25) is 4.90 Å². The number of oxime groups is 1. The van der Waals surface area contributed by atoms with Crippen molar-refractivity contribution in [3.63, 3.8) is 0 Å². The standard InChI is InChI=1S/C15H17N3OS/c16-15(17-19)13-4-2-1-3-11(13)9-18-7-5-14-12(10-18)6-8-20-14/h1-4,6,8,19H,5,7,9-10H2,(H2,16,17). The van der Waals surface area contributed by atoms with Crippen molar-refractivity contribution in [1.29, 1.82) is 0 Å². The molecule has 1 aliphatic heterocycles. The Morgan fingerprint density at radius 2 is 2.20 bits per heavy atom. The van der Waals surface area contributed by atoms with Gasteiger partial charge in [0.2, 0.25) is 0 Å². The fraction of sp³-hybridized carbons (Fsp3) is 0.267. The van der Waals surface area contributed by atoms with Crippen LogP contribution in [-0.4, -0.2) is 22.5 Å². The molecule has 5 heteroatoms. The summed E-state index contributed by atoms with van der Waals surface area (Å²) < 4.78 is 0. The third-order valence-electron chi connectivity index (χ3n) is 3.68. The minimum atomic E-state index is 0.175. The van der Waals surface area contributed by atoms with E-state index in [4.69, 9.17) is 10.9 Å². The van der Waals surface area contributed by atoms with E-state index in [1.165, 1.54) is 10.4 Å². The molecule has 20 heavy (non-hydrogen) atoms. The third-order valence-corrected chi connectivity index (χ3v) is 4.70. The lowest BCUT2D eigenvalue weighted by molar-refractivity contribution is 0.247. The SMILES string of the molecule is N/C(=N\O)c1ccccc1CN1CCc2sccc2C1. The quantitative estimate of drug-likeness (QED) is 0.394. The Kier molecular flexibility index (Phi) is 3.71. The first-order valence-corrected chi connectivity index (χ1v) is 7.49. The van der Waals surface area contributed by atoms with Crippen LogP contribution >= 0.6 is 11.3 Å². The van der Waals surface area contributed by atoms with E-state index in [0.29, 0.717) is 0 Å². The van der Waals surface area contributed by atoms with Crippen molar-refractivity contribution >= 4 is 17.2 Å². The molecule has 4 nitrogen and oxygen atoms in total. The summed E-state index contributed by atoms with van der Waals surface area (Å²) in [5.74, 6) is 0.175. The Morgan fingerprint density at radius 3 is 3.05 bits per heavy atom. The zero-order chi connectivity index (χ0) is 13.9. The second-order valence-electron chi connectivity index (χ2n) is 4.97. The first-order valence-electron chi connectivity index (χ1n) is 6.61. The normalized spacial score (nSPS) is 16.1. The van der Waals surface area contributed by atoms with E-state index < -0.39 is 0 Å². The average Bonchev–Trinajstić information content (AvgIpc) is 2.94. The number of fused-ring (bicyclic) bond motifs is 1. The summed E-state index contributed by atoms with van der Waals surface area (Å²) in [6.07, 6.45) is 1.11. The number of nitrogens with zero attached hydrogens (tertiary/aromatic N) is 2. The van der Waals surface area contributed by atoms with Gasteiger partial charge < -0.3 is 10.9 Å². The monoisotopic (exact) mass is 287 g/mol. The van der Waals surface area contributed by atoms with Crippen LogP contribution in [0, 0.1) is 0 Å². The molecule has 0 spiro atoms. The second kappa shape index (κ2) is 5.64. The van der Waals surface area contributed by atoms with E-state index in [1.54, 1.807) is 0 Å². The summed E-state index contributed by atoms with van der Waals surface area (Å²) in [5, 5.41) is 14.2. The van der Waals surface area contributed by atoms with Gasteiger partial charge in [0.15, 0.2) is 5.84 Å². The molecule has 0 saturated carbocycles. The van der Waals surface area contributed by atoms with Gasteiger partial charge in [-0.2, -0.15) is 0 Å². The highest BCUT2D eigenvalue weighted by Crippen LogP contribution is 2.25. The van der Waals surface area contributed by atoms with Gasteiger partial charge in [-0.15, -0.1) is 11.3 Å². The van der Waals surface area contributed by atoms with Crippen LogP contribution in [0.2, 0.25) is 0 Å².